The summed E-state index contributed by atoms with van der Waals surface area (Å²) in [6.07, 6.45) is 8.18. The molecule has 1 aliphatic carbocycles. The average Bonchev–Trinajstić information content (AvgIpc) is 2.78. The molecule has 0 spiro atoms. The summed E-state index contributed by atoms with van der Waals surface area (Å²) in [5.74, 6) is 0.533. The minimum absolute atomic E-state index is 0.371. The first kappa shape index (κ1) is 13.3. The molecule has 0 aromatic rings. The molecule has 0 aromatic carbocycles. The maximum Gasteiger partial charge on any atom is 0.0471 e. The minimum atomic E-state index is 0.371. The molecule has 2 N–H and O–H groups in total. The van der Waals surface area contributed by atoms with E-state index >= 15 is 0 Å². The molecular formula is C14H28N2O. The van der Waals surface area contributed by atoms with Crippen LogP contribution in [-0.2, 0) is 0 Å². The zero-order chi connectivity index (χ0) is 12.1. The van der Waals surface area contributed by atoms with Gasteiger partial charge in [0.2, 0.25) is 0 Å². The second-order valence-electron chi connectivity index (χ2n) is 6.16. The number of hydrogen-bond donors (Lipinski definition) is 2. The van der Waals surface area contributed by atoms with Crippen molar-refractivity contribution in [3.8, 4) is 0 Å². The highest BCUT2D eigenvalue weighted by Crippen LogP contribution is 2.37. The van der Waals surface area contributed by atoms with Gasteiger partial charge in [-0.25, -0.2) is 0 Å². The number of aliphatic hydroxyl groups is 1. The van der Waals surface area contributed by atoms with Gasteiger partial charge in [0.15, 0.2) is 0 Å². The zero-order valence-electron chi connectivity index (χ0n) is 11.2. The zero-order valence-corrected chi connectivity index (χ0v) is 11.2. The Bertz CT molecular complexity index is 221. The molecule has 1 unspecified atom stereocenters. The lowest BCUT2D eigenvalue weighted by atomic mass is 9.73. The Labute approximate surface area is 106 Å². The molecule has 1 heterocycles. The van der Waals surface area contributed by atoms with E-state index in [0.29, 0.717) is 17.9 Å². The van der Waals surface area contributed by atoms with Crippen LogP contribution in [0.4, 0.5) is 0 Å². The van der Waals surface area contributed by atoms with Crippen LogP contribution in [0.3, 0.4) is 0 Å². The highest BCUT2D eigenvalue weighted by atomic mass is 16.3. The number of nitrogens with one attached hydrogen (secondary N) is 1. The standard InChI is InChI=1S/C14H28N2O/c1-15-11-14(6-3-2-4-7-14)12-16-8-5-13(9-16)10-17/h13,15,17H,2-12H2,1H3. The predicted molar refractivity (Wildman–Crippen MR) is 71.1 cm³/mol. The summed E-state index contributed by atoms with van der Waals surface area (Å²) in [5, 5.41) is 12.6. The third-order valence-corrected chi connectivity index (χ3v) is 4.65. The fourth-order valence-electron chi connectivity index (χ4n) is 3.75. The second-order valence-corrected chi connectivity index (χ2v) is 6.16. The Morgan fingerprint density at radius 1 is 1.29 bits per heavy atom. The van der Waals surface area contributed by atoms with Gasteiger partial charge in [0, 0.05) is 26.2 Å². The third-order valence-electron chi connectivity index (χ3n) is 4.65. The van der Waals surface area contributed by atoms with Crippen molar-refractivity contribution in [1.82, 2.24) is 10.2 Å². The van der Waals surface area contributed by atoms with Crippen LogP contribution >= 0.6 is 0 Å². The Balaban J connectivity index is 1.88. The molecule has 100 valence electrons. The fourth-order valence-corrected chi connectivity index (χ4v) is 3.75. The SMILES string of the molecule is CNCC1(CN2CCC(CO)C2)CCCCC1. The van der Waals surface area contributed by atoms with E-state index in [1.54, 1.807) is 0 Å². The van der Waals surface area contributed by atoms with Gasteiger partial charge in [0.05, 0.1) is 0 Å². The van der Waals surface area contributed by atoms with E-state index in [1.165, 1.54) is 51.6 Å². The minimum Gasteiger partial charge on any atom is -0.396 e. The van der Waals surface area contributed by atoms with Crippen molar-refractivity contribution in [2.45, 2.75) is 38.5 Å². The summed E-state index contributed by atoms with van der Waals surface area (Å²) in [7, 11) is 2.08. The van der Waals surface area contributed by atoms with Gasteiger partial charge in [0.1, 0.15) is 0 Å². The molecule has 17 heavy (non-hydrogen) atoms. The fraction of sp³-hybridized carbons (Fsp3) is 1.00. The van der Waals surface area contributed by atoms with Crippen LogP contribution in [0.2, 0.25) is 0 Å². The molecule has 3 nitrogen and oxygen atoms in total. The molecule has 2 rings (SSSR count). The Morgan fingerprint density at radius 2 is 2.06 bits per heavy atom. The molecule has 1 atom stereocenters. The van der Waals surface area contributed by atoms with E-state index < -0.39 is 0 Å². The van der Waals surface area contributed by atoms with E-state index in [1.807, 2.05) is 0 Å². The van der Waals surface area contributed by atoms with Crippen LogP contribution in [0, 0.1) is 11.3 Å². The summed E-state index contributed by atoms with van der Waals surface area (Å²) in [4.78, 5) is 2.59. The van der Waals surface area contributed by atoms with Gasteiger partial charge >= 0.3 is 0 Å². The van der Waals surface area contributed by atoms with Crippen molar-refractivity contribution in [2.75, 3.05) is 39.8 Å². The first-order chi connectivity index (χ1) is 8.28. The van der Waals surface area contributed by atoms with Crippen molar-refractivity contribution in [2.24, 2.45) is 11.3 Å². The van der Waals surface area contributed by atoms with Crippen molar-refractivity contribution in [1.29, 1.82) is 0 Å². The summed E-state index contributed by atoms with van der Waals surface area (Å²) >= 11 is 0. The predicted octanol–water partition coefficient (Wildman–Crippen LogP) is 1.47. The number of rotatable bonds is 5. The van der Waals surface area contributed by atoms with E-state index in [0.717, 1.165) is 13.1 Å². The second kappa shape index (κ2) is 6.17. The lowest BCUT2D eigenvalue weighted by Gasteiger charge is -2.40. The highest BCUT2D eigenvalue weighted by molar-refractivity contribution is 4.89. The van der Waals surface area contributed by atoms with Crippen molar-refractivity contribution < 1.29 is 5.11 Å². The molecule has 3 heteroatoms. The first-order valence-electron chi connectivity index (χ1n) is 7.26. The van der Waals surface area contributed by atoms with E-state index in [9.17, 15) is 5.11 Å². The van der Waals surface area contributed by atoms with E-state index in [2.05, 4.69) is 17.3 Å². The number of hydrogen-bond acceptors (Lipinski definition) is 3. The first-order valence-corrected chi connectivity index (χ1v) is 7.26. The topological polar surface area (TPSA) is 35.5 Å². The van der Waals surface area contributed by atoms with Gasteiger partial charge in [-0.1, -0.05) is 19.3 Å². The number of likely N-dealkylation sites (tertiary alicyclic amines) is 1. The maximum absolute atomic E-state index is 9.22. The molecule has 1 saturated carbocycles. The van der Waals surface area contributed by atoms with Gasteiger partial charge < -0.3 is 15.3 Å². The van der Waals surface area contributed by atoms with Gasteiger partial charge in [-0.05, 0) is 44.2 Å². The molecule has 1 saturated heterocycles. The molecular weight excluding hydrogens is 212 g/mol. The highest BCUT2D eigenvalue weighted by Gasteiger charge is 2.35. The Hall–Kier alpha value is -0.120. The summed E-state index contributed by atoms with van der Waals surface area (Å²) in [6, 6.07) is 0. The lowest BCUT2D eigenvalue weighted by molar-refractivity contribution is 0.113. The van der Waals surface area contributed by atoms with Crippen LogP contribution in [-0.4, -0.2) is 49.8 Å². The van der Waals surface area contributed by atoms with E-state index in [-0.39, 0.29) is 0 Å². The molecule has 2 aliphatic rings. The third kappa shape index (κ3) is 3.43. The summed E-state index contributed by atoms with van der Waals surface area (Å²) in [6.45, 7) is 5.08. The van der Waals surface area contributed by atoms with Gasteiger partial charge in [0.25, 0.3) is 0 Å². The van der Waals surface area contributed by atoms with Crippen LogP contribution in [0.5, 0.6) is 0 Å². The van der Waals surface area contributed by atoms with Crippen LogP contribution in [0.25, 0.3) is 0 Å². The Morgan fingerprint density at radius 3 is 2.65 bits per heavy atom. The molecule has 0 bridgehead atoms. The van der Waals surface area contributed by atoms with E-state index in [4.69, 9.17) is 0 Å². The van der Waals surface area contributed by atoms with Gasteiger partial charge in [-0.2, -0.15) is 0 Å². The monoisotopic (exact) mass is 240 g/mol. The van der Waals surface area contributed by atoms with Crippen molar-refractivity contribution in [3.05, 3.63) is 0 Å². The normalized spacial score (nSPS) is 29.6. The molecule has 1 aliphatic heterocycles. The largest absolute Gasteiger partial charge is 0.396 e. The summed E-state index contributed by atoms with van der Waals surface area (Å²) in [5.41, 5.74) is 0.511. The van der Waals surface area contributed by atoms with Crippen LogP contribution in [0.15, 0.2) is 0 Å². The Kier molecular flexibility index (Phi) is 4.83. The molecule has 0 radical (unpaired) electrons. The maximum atomic E-state index is 9.22. The van der Waals surface area contributed by atoms with Crippen molar-refractivity contribution in [3.63, 3.8) is 0 Å². The van der Waals surface area contributed by atoms with Crippen LogP contribution < -0.4 is 5.32 Å². The number of aliphatic hydroxyl groups excluding tert-OH is 1. The quantitative estimate of drug-likeness (QED) is 0.764. The molecule has 0 aromatic heterocycles. The lowest BCUT2D eigenvalue weighted by Crippen LogP contribution is -2.44. The molecule has 2 fully saturated rings. The average molecular weight is 240 g/mol. The molecule has 0 amide bonds. The van der Waals surface area contributed by atoms with Gasteiger partial charge in [-0.15, -0.1) is 0 Å². The summed E-state index contributed by atoms with van der Waals surface area (Å²) < 4.78 is 0. The van der Waals surface area contributed by atoms with Crippen LogP contribution in [0.1, 0.15) is 38.5 Å². The number of nitrogens with zero attached hydrogens (tertiary/aromatic N) is 1. The van der Waals surface area contributed by atoms with Crippen molar-refractivity contribution >= 4 is 0 Å². The van der Waals surface area contributed by atoms with Gasteiger partial charge in [-0.3, -0.25) is 0 Å². The smallest absolute Gasteiger partial charge is 0.0471 e.